The Kier molecular flexibility index (Phi) is 4.71. The summed E-state index contributed by atoms with van der Waals surface area (Å²) < 4.78 is 0. The largest absolute Gasteiger partial charge is 0.310 e. The van der Waals surface area contributed by atoms with Crippen LogP contribution in [0.25, 0.3) is 0 Å². The van der Waals surface area contributed by atoms with Gasteiger partial charge in [-0.15, -0.1) is 0 Å². The lowest BCUT2D eigenvalue weighted by molar-refractivity contribution is -0.385. The van der Waals surface area contributed by atoms with Gasteiger partial charge < -0.3 is 5.32 Å². The lowest BCUT2D eigenvalue weighted by Gasteiger charge is -2.12. The molecule has 0 fully saturated rings. The molecule has 0 aromatic heterocycles. The summed E-state index contributed by atoms with van der Waals surface area (Å²) in [6.45, 7) is 4.51. The SMILES string of the molecule is CCC(C)NCc1c(Cl)cccc1[N+](=O)[O-]. The first-order chi connectivity index (χ1) is 7.56. The lowest BCUT2D eigenvalue weighted by Crippen LogP contribution is -2.25. The van der Waals surface area contributed by atoms with Crippen LogP contribution in [0.2, 0.25) is 5.02 Å². The summed E-state index contributed by atoms with van der Waals surface area (Å²) in [5, 5.41) is 14.4. The van der Waals surface area contributed by atoms with Crippen molar-refractivity contribution in [3.05, 3.63) is 38.9 Å². The minimum Gasteiger partial charge on any atom is -0.310 e. The molecule has 1 rings (SSSR count). The van der Waals surface area contributed by atoms with Gasteiger partial charge in [0.15, 0.2) is 0 Å². The molecule has 0 saturated heterocycles. The molecule has 16 heavy (non-hydrogen) atoms. The highest BCUT2D eigenvalue weighted by Crippen LogP contribution is 2.25. The maximum absolute atomic E-state index is 10.8. The number of nitro groups is 1. The number of rotatable bonds is 5. The Balaban J connectivity index is 2.88. The predicted molar refractivity (Wildman–Crippen MR) is 64.7 cm³/mol. The van der Waals surface area contributed by atoms with E-state index in [-0.39, 0.29) is 5.69 Å². The van der Waals surface area contributed by atoms with Gasteiger partial charge in [0, 0.05) is 18.7 Å². The number of halogens is 1. The highest BCUT2D eigenvalue weighted by molar-refractivity contribution is 6.31. The van der Waals surface area contributed by atoms with Gasteiger partial charge in [-0.2, -0.15) is 0 Å². The van der Waals surface area contributed by atoms with E-state index < -0.39 is 4.92 Å². The summed E-state index contributed by atoms with van der Waals surface area (Å²) in [7, 11) is 0. The van der Waals surface area contributed by atoms with Crippen molar-refractivity contribution in [1.29, 1.82) is 0 Å². The average molecular weight is 243 g/mol. The first-order valence-electron chi connectivity index (χ1n) is 5.21. The van der Waals surface area contributed by atoms with Crippen LogP contribution in [0, 0.1) is 10.1 Å². The molecule has 5 heteroatoms. The average Bonchev–Trinajstić information content (AvgIpc) is 2.26. The van der Waals surface area contributed by atoms with Crippen LogP contribution in [0.5, 0.6) is 0 Å². The smallest absolute Gasteiger partial charge is 0.275 e. The second-order valence-corrected chi connectivity index (χ2v) is 4.09. The van der Waals surface area contributed by atoms with Crippen molar-refractivity contribution in [1.82, 2.24) is 5.32 Å². The van der Waals surface area contributed by atoms with Crippen molar-refractivity contribution < 1.29 is 4.92 Å². The Hall–Kier alpha value is -1.13. The fourth-order valence-corrected chi connectivity index (χ4v) is 1.55. The third-order valence-corrected chi connectivity index (χ3v) is 2.88. The van der Waals surface area contributed by atoms with E-state index in [9.17, 15) is 10.1 Å². The maximum atomic E-state index is 10.8. The Morgan fingerprint density at radius 2 is 2.25 bits per heavy atom. The first-order valence-corrected chi connectivity index (χ1v) is 5.59. The molecule has 0 aliphatic carbocycles. The second kappa shape index (κ2) is 5.82. The maximum Gasteiger partial charge on any atom is 0.275 e. The van der Waals surface area contributed by atoms with E-state index in [1.165, 1.54) is 6.07 Å². The Labute approximate surface area is 99.8 Å². The zero-order chi connectivity index (χ0) is 12.1. The highest BCUT2D eigenvalue weighted by Gasteiger charge is 2.16. The molecule has 0 bridgehead atoms. The van der Waals surface area contributed by atoms with Crippen molar-refractivity contribution in [2.75, 3.05) is 0 Å². The van der Waals surface area contributed by atoms with Crippen LogP contribution in [-0.4, -0.2) is 11.0 Å². The molecule has 1 unspecified atom stereocenters. The molecular weight excluding hydrogens is 228 g/mol. The van der Waals surface area contributed by atoms with Crippen molar-refractivity contribution in [2.24, 2.45) is 0 Å². The first kappa shape index (κ1) is 12.9. The molecule has 4 nitrogen and oxygen atoms in total. The molecule has 1 aromatic carbocycles. The summed E-state index contributed by atoms with van der Waals surface area (Å²) in [5.74, 6) is 0. The fraction of sp³-hybridized carbons (Fsp3) is 0.455. The van der Waals surface area contributed by atoms with Crippen molar-refractivity contribution in [2.45, 2.75) is 32.9 Å². The third kappa shape index (κ3) is 3.18. The molecule has 0 aliphatic rings. The van der Waals surface area contributed by atoms with Gasteiger partial charge in [-0.3, -0.25) is 10.1 Å². The quantitative estimate of drug-likeness (QED) is 0.638. The number of hydrogen-bond donors (Lipinski definition) is 1. The Morgan fingerprint density at radius 1 is 1.56 bits per heavy atom. The van der Waals surface area contributed by atoms with Gasteiger partial charge in [0.2, 0.25) is 0 Å². The van der Waals surface area contributed by atoms with Crippen LogP contribution in [0.3, 0.4) is 0 Å². The minimum absolute atomic E-state index is 0.0725. The molecule has 0 spiro atoms. The number of nitrogens with one attached hydrogen (secondary N) is 1. The molecule has 1 atom stereocenters. The number of hydrogen-bond acceptors (Lipinski definition) is 3. The van der Waals surface area contributed by atoms with Crippen LogP contribution in [0.1, 0.15) is 25.8 Å². The normalized spacial score (nSPS) is 12.4. The van der Waals surface area contributed by atoms with Crippen molar-refractivity contribution in [3.8, 4) is 0 Å². The van der Waals surface area contributed by atoms with Crippen LogP contribution in [-0.2, 0) is 6.54 Å². The van der Waals surface area contributed by atoms with Gasteiger partial charge in [0.05, 0.1) is 15.5 Å². The van der Waals surface area contributed by atoms with Crippen LogP contribution >= 0.6 is 11.6 Å². The van der Waals surface area contributed by atoms with Crippen LogP contribution < -0.4 is 5.32 Å². The zero-order valence-electron chi connectivity index (χ0n) is 9.37. The van der Waals surface area contributed by atoms with E-state index in [0.717, 1.165) is 6.42 Å². The van der Waals surface area contributed by atoms with E-state index in [1.807, 2.05) is 6.92 Å². The Bertz CT molecular complexity index is 382. The molecule has 0 aliphatic heterocycles. The molecule has 0 amide bonds. The van der Waals surface area contributed by atoms with Crippen molar-refractivity contribution >= 4 is 17.3 Å². The van der Waals surface area contributed by atoms with Gasteiger partial charge in [0.1, 0.15) is 0 Å². The van der Waals surface area contributed by atoms with E-state index in [1.54, 1.807) is 12.1 Å². The summed E-state index contributed by atoms with van der Waals surface area (Å²) in [6.07, 6.45) is 0.970. The van der Waals surface area contributed by atoms with Crippen molar-refractivity contribution in [3.63, 3.8) is 0 Å². The van der Waals surface area contributed by atoms with E-state index >= 15 is 0 Å². The van der Waals surface area contributed by atoms with E-state index in [4.69, 9.17) is 11.6 Å². The van der Waals surface area contributed by atoms with Gasteiger partial charge >= 0.3 is 0 Å². The summed E-state index contributed by atoms with van der Waals surface area (Å²) in [4.78, 5) is 10.4. The minimum atomic E-state index is -0.403. The topological polar surface area (TPSA) is 55.2 Å². The standard InChI is InChI=1S/C11H15ClN2O2/c1-3-8(2)13-7-9-10(12)5-4-6-11(9)14(15)16/h4-6,8,13H,3,7H2,1-2H3. The fourth-order valence-electron chi connectivity index (χ4n) is 1.31. The zero-order valence-corrected chi connectivity index (χ0v) is 10.1. The molecule has 0 saturated carbocycles. The van der Waals surface area contributed by atoms with E-state index in [0.29, 0.717) is 23.2 Å². The second-order valence-electron chi connectivity index (χ2n) is 3.68. The molecule has 0 radical (unpaired) electrons. The third-order valence-electron chi connectivity index (χ3n) is 2.53. The lowest BCUT2D eigenvalue weighted by atomic mass is 10.1. The Morgan fingerprint density at radius 3 is 2.81 bits per heavy atom. The number of benzene rings is 1. The summed E-state index contributed by atoms with van der Waals surface area (Å²) in [6, 6.07) is 5.05. The molecule has 0 heterocycles. The van der Waals surface area contributed by atoms with Gasteiger partial charge in [-0.05, 0) is 19.4 Å². The number of nitro benzene ring substituents is 1. The highest BCUT2D eigenvalue weighted by atomic mass is 35.5. The monoisotopic (exact) mass is 242 g/mol. The molecular formula is C11H15ClN2O2. The summed E-state index contributed by atoms with van der Waals surface area (Å²) in [5.41, 5.74) is 0.623. The predicted octanol–water partition coefficient (Wildman–Crippen LogP) is 3.14. The number of nitrogens with zero attached hydrogens (tertiary/aromatic N) is 1. The van der Waals surface area contributed by atoms with Gasteiger partial charge in [0.25, 0.3) is 5.69 Å². The molecule has 1 aromatic rings. The molecule has 1 N–H and O–H groups in total. The van der Waals surface area contributed by atoms with Gasteiger partial charge in [-0.1, -0.05) is 24.6 Å². The van der Waals surface area contributed by atoms with Crippen LogP contribution in [0.4, 0.5) is 5.69 Å². The van der Waals surface area contributed by atoms with Gasteiger partial charge in [-0.25, -0.2) is 0 Å². The summed E-state index contributed by atoms with van der Waals surface area (Å²) >= 11 is 5.96. The molecule has 88 valence electrons. The van der Waals surface area contributed by atoms with E-state index in [2.05, 4.69) is 12.2 Å². The van der Waals surface area contributed by atoms with Crippen LogP contribution in [0.15, 0.2) is 18.2 Å².